The van der Waals surface area contributed by atoms with E-state index in [4.69, 9.17) is 11.6 Å². The van der Waals surface area contributed by atoms with Crippen LogP contribution in [0.4, 0.5) is 29.1 Å². The van der Waals surface area contributed by atoms with Gasteiger partial charge in [-0.05, 0) is 37.3 Å². The van der Waals surface area contributed by atoms with Gasteiger partial charge in [0.15, 0.2) is 0 Å². The monoisotopic (exact) mass is 568 g/mol. The fraction of sp³-hybridized carbons (Fsp3) is 0.400. The van der Waals surface area contributed by atoms with Crippen LogP contribution in [0.1, 0.15) is 24.6 Å². The van der Waals surface area contributed by atoms with Gasteiger partial charge in [-0.1, -0.05) is 11.6 Å². The number of pyridine rings is 1. The lowest BCUT2D eigenvalue weighted by atomic mass is 10.1. The van der Waals surface area contributed by atoms with Gasteiger partial charge in [0.1, 0.15) is 23.4 Å². The van der Waals surface area contributed by atoms with Crippen LogP contribution >= 0.6 is 11.6 Å². The molecule has 1 unspecified atom stereocenters. The van der Waals surface area contributed by atoms with E-state index in [0.717, 1.165) is 28.1 Å². The Hall–Kier alpha value is -3.74. The van der Waals surface area contributed by atoms with Gasteiger partial charge in [0.25, 0.3) is 11.8 Å². The number of halogens is 5. The van der Waals surface area contributed by atoms with Gasteiger partial charge in [-0.15, -0.1) is 0 Å². The maximum atomic E-state index is 13.7. The molecule has 3 amide bonds. The van der Waals surface area contributed by atoms with Crippen LogP contribution in [-0.4, -0.2) is 77.5 Å². The quantitative estimate of drug-likeness (QED) is 0.527. The Morgan fingerprint density at radius 2 is 1.69 bits per heavy atom. The van der Waals surface area contributed by atoms with Crippen molar-refractivity contribution in [2.75, 3.05) is 43.1 Å². The van der Waals surface area contributed by atoms with Crippen LogP contribution in [0.25, 0.3) is 0 Å². The number of aromatic nitrogens is 1. The highest BCUT2D eigenvalue weighted by molar-refractivity contribution is 6.40. The highest BCUT2D eigenvalue weighted by atomic mass is 35.5. The van der Waals surface area contributed by atoms with Gasteiger partial charge < -0.3 is 14.7 Å². The zero-order valence-corrected chi connectivity index (χ0v) is 22.1. The van der Waals surface area contributed by atoms with Crippen LogP contribution in [0, 0.1) is 12.7 Å². The van der Waals surface area contributed by atoms with Gasteiger partial charge in [-0.25, -0.2) is 14.4 Å². The zero-order chi connectivity index (χ0) is 28.6. The summed E-state index contributed by atoms with van der Waals surface area (Å²) in [5.74, 6) is -2.17. The number of amides is 3. The minimum Gasteiger partial charge on any atom is -0.339 e. The largest absolute Gasteiger partial charge is 0.416 e. The summed E-state index contributed by atoms with van der Waals surface area (Å²) >= 11 is 5.87. The number of rotatable bonds is 4. The predicted molar refractivity (Wildman–Crippen MR) is 136 cm³/mol. The van der Waals surface area contributed by atoms with Gasteiger partial charge in [0.05, 0.1) is 10.6 Å². The number of likely N-dealkylation sites (N-methyl/N-ethyl adjacent to an activating group) is 1. The molecule has 0 bridgehead atoms. The van der Waals surface area contributed by atoms with E-state index in [1.54, 1.807) is 4.90 Å². The van der Waals surface area contributed by atoms with Gasteiger partial charge in [0, 0.05) is 58.0 Å². The van der Waals surface area contributed by atoms with Crippen molar-refractivity contribution in [1.82, 2.24) is 14.8 Å². The third-order valence-electron chi connectivity index (χ3n) is 6.58. The second-order valence-electron chi connectivity index (χ2n) is 9.26. The smallest absolute Gasteiger partial charge is 0.339 e. The first-order chi connectivity index (χ1) is 18.3. The summed E-state index contributed by atoms with van der Waals surface area (Å²) in [5, 5.41) is 5.08. The van der Waals surface area contributed by atoms with E-state index < -0.39 is 35.4 Å². The van der Waals surface area contributed by atoms with E-state index in [-0.39, 0.29) is 53.4 Å². The molecule has 1 aromatic heterocycles. The number of carbonyl (C=O) groups excluding carboxylic acids is 3. The second-order valence-corrected chi connectivity index (χ2v) is 9.67. The van der Waals surface area contributed by atoms with Crippen molar-refractivity contribution in [1.29, 1.82) is 0 Å². The molecule has 2 aliphatic heterocycles. The van der Waals surface area contributed by atoms with Crippen molar-refractivity contribution in [3.8, 4) is 0 Å². The Bertz CT molecular complexity index is 1340. The van der Waals surface area contributed by atoms with E-state index in [9.17, 15) is 31.9 Å². The predicted octanol–water partition coefficient (Wildman–Crippen LogP) is 3.49. The standard InChI is InChI=1S/C25H25ClF4N6O3/c1-14-10-16(25(28,29)30)11-22(31-14)36-21(24(39)33(3)17-4-5-19(27)18(26)12-17)13-20(32-36)23(38)35-8-6-34(7-9-35)15(2)37/h4-5,10-12,21H,6-9,13H2,1-3H3. The molecule has 1 atom stereocenters. The number of hydrogen-bond donors (Lipinski definition) is 0. The first-order valence-electron chi connectivity index (χ1n) is 12.0. The molecule has 0 N–H and O–H groups in total. The van der Waals surface area contributed by atoms with E-state index in [2.05, 4.69) is 10.1 Å². The molecule has 1 saturated heterocycles. The normalized spacial score (nSPS) is 17.8. The first-order valence-corrected chi connectivity index (χ1v) is 12.3. The van der Waals surface area contributed by atoms with Gasteiger partial charge in [-0.3, -0.25) is 14.4 Å². The molecule has 2 aromatic rings. The van der Waals surface area contributed by atoms with Crippen molar-refractivity contribution < 1.29 is 31.9 Å². The number of piperazine rings is 1. The van der Waals surface area contributed by atoms with Crippen molar-refractivity contribution in [2.24, 2.45) is 5.10 Å². The molecular formula is C25H25ClF4N6O3. The minimum absolute atomic E-state index is 0.0352. The minimum atomic E-state index is -4.68. The van der Waals surface area contributed by atoms with Crippen molar-refractivity contribution in [3.63, 3.8) is 0 Å². The maximum Gasteiger partial charge on any atom is 0.416 e. The lowest BCUT2D eigenvalue weighted by Crippen LogP contribution is -2.51. The summed E-state index contributed by atoms with van der Waals surface area (Å²) in [5.41, 5.74) is -0.739. The maximum absolute atomic E-state index is 13.7. The molecular weight excluding hydrogens is 544 g/mol. The molecule has 3 heterocycles. The van der Waals surface area contributed by atoms with Crippen LogP contribution in [0.5, 0.6) is 0 Å². The van der Waals surface area contributed by atoms with Crippen molar-refractivity contribution >= 4 is 46.5 Å². The summed E-state index contributed by atoms with van der Waals surface area (Å²) in [4.78, 5) is 47.0. The second kappa shape index (κ2) is 10.8. The topological polar surface area (TPSA) is 89.4 Å². The summed E-state index contributed by atoms with van der Waals surface area (Å²) in [6, 6.07) is 4.07. The fourth-order valence-corrected chi connectivity index (χ4v) is 4.60. The van der Waals surface area contributed by atoms with Crippen LogP contribution < -0.4 is 9.91 Å². The van der Waals surface area contributed by atoms with E-state index in [1.165, 1.54) is 37.9 Å². The number of anilines is 2. The van der Waals surface area contributed by atoms with Gasteiger partial charge in [0.2, 0.25) is 5.91 Å². The molecule has 2 aliphatic rings. The molecule has 208 valence electrons. The Labute approximate surface area is 226 Å². The summed E-state index contributed by atoms with van der Waals surface area (Å²) in [7, 11) is 1.40. The van der Waals surface area contributed by atoms with Gasteiger partial charge in [-0.2, -0.15) is 18.3 Å². The van der Waals surface area contributed by atoms with E-state index in [1.807, 2.05) is 0 Å². The number of carbonyl (C=O) groups is 3. The summed E-state index contributed by atoms with van der Waals surface area (Å²) in [6.07, 6.45) is -4.89. The molecule has 14 heteroatoms. The summed E-state index contributed by atoms with van der Waals surface area (Å²) in [6.45, 7) is 3.94. The molecule has 0 radical (unpaired) electrons. The lowest BCUT2D eigenvalue weighted by molar-refractivity contribution is -0.137. The van der Waals surface area contributed by atoms with Crippen LogP contribution in [0.2, 0.25) is 5.02 Å². The molecule has 1 fully saturated rings. The molecule has 9 nitrogen and oxygen atoms in total. The Morgan fingerprint density at radius 3 is 2.28 bits per heavy atom. The number of alkyl halides is 3. The number of aryl methyl sites for hydroxylation is 1. The Kier molecular flexibility index (Phi) is 7.82. The van der Waals surface area contributed by atoms with Gasteiger partial charge >= 0.3 is 6.18 Å². The first kappa shape index (κ1) is 28.3. The highest BCUT2D eigenvalue weighted by Crippen LogP contribution is 2.34. The van der Waals surface area contributed by atoms with Crippen molar-refractivity contribution in [3.05, 3.63) is 52.4 Å². The molecule has 4 rings (SSSR count). The average molecular weight is 569 g/mol. The van der Waals surface area contributed by atoms with E-state index in [0.29, 0.717) is 13.1 Å². The molecule has 0 saturated carbocycles. The van der Waals surface area contributed by atoms with Crippen LogP contribution in [-0.2, 0) is 20.6 Å². The zero-order valence-electron chi connectivity index (χ0n) is 21.3. The van der Waals surface area contributed by atoms with Crippen LogP contribution in [0.3, 0.4) is 0 Å². The lowest BCUT2D eigenvalue weighted by Gasteiger charge is -2.34. The Morgan fingerprint density at radius 1 is 1.05 bits per heavy atom. The number of hydrazone groups is 1. The number of benzene rings is 1. The SMILES string of the molecule is CC(=O)N1CCN(C(=O)C2=NN(c3cc(C(F)(F)F)cc(C)n3)C(C(=O)N(C)c3ccc(F)c(Cl)c3)C2)CC1. The molecule has 0 spiro atoms. The van der Waals surface area contributed by atoms with Crippen molar-refractivity contribution in [2.45, 2.75) is 32.5 Å². The number of hydrogen-bond acceptors (Lipinski definition) is 6. The third kappa shape index (κ3) is 5.97. The molecule has 1 aromatic carbocycles. The average Bonchev–Trinajstić information content (AvgIpc) is 3.34. The Balaban J connectivity index is 1.68. The highest BCUT2D eigenvalue weighted by Gasteiger charge is 2.41. The molecule has 39 heavy (non-hydrogen) atoms. The summed E-state index contributed by atoms with van der Waals surface area (Å²) < 4.78 is 54.4. The third-order valence-corrected chi connectivity index (χ3v) is 6.87. The van der Waals surface area contributed by atoms with Crippen LogP contribution in [0.15, 0.2) is 35.4 Å². The molecule has 0 aliphatic carbocycles. The fourth-order valence-electron chi connectivity index (χ4n) is 4.43. The number of nitrogens with zero attached hydrogens (tertiary/aromatic N) is 6. The van der Waals surface area contributed by atoms with E-state index >= 15 is 0 Å².